The number of rotatable bonds is 6. The van der Waals surface area contributed by atoms with Gasteiger partial charge in [-0.15, -0.1) is 0 Å². The van der Waals surface area contributed by atoms with Crippen LogP contribution in [0.1, 0.15) is 31.1 Å². The number of aromatic carboxylic acids is 1. The number of benzene rings is 1. The summed E-state index contributed by atoms with van der Waals surface area (Å²) < 4.78 is 4.98. The number of methoxy groups -OCH3 is 1. The Morgan fingerprint density at radius 1 is 1.29 bits per heavy atom. The largest absolute Gasteiger partial charge is 0.497 e. The second-order valence-electron chi connectivity index (χ2n) is 5.27. The highest BCUT2D eigenvalue weighted by Crippen LogP contribution is 2.22. The van der Waals surface area contributed by atoms with Crippen molar-refractivity contribution < 1.29 is 19.4 Å². The van der Waals surface area contributed by atoms with Crippen molar-refractivity contribution in [3.05, 3.63) is 23.8 Å². The zero-order chi connectivity index (χ0) is 16.0. The number of anilines is 1. The molecule has 0 aromatic heterocycles. The van der Waals surface area contributed by atoms with E-state index in [9.17, 15) is 9.59 Å². The molecule has 0 radical (unpaired) electrons. The zero-order valence-electron chi connectivity index (χ0n) is 12.8. The van der Waals surface area contributed by atoms with E-state index in [0.717, 1.165) is 0 Å². The number of ether oxygens (including phenoxy) is 1. The molecule has 0 saturated heterocycles. The molecule has 1 aromatic carbocycles. The summed E-state index contributed by atoms with van der Waals surface area (Å²) in [5.41, 5.74) is 0.222. The Labute approximate surface area is 124 Å². The lowest BCUT2D eigenvalue weighted by molar-refractivity contribution is 0.0697. The van der Waals surface area contributed by atoms with Crippen molar-refractivity contribution in [2.75, 3.05) is 19.0 Å². The first-order valence-corrected chi connectivity index (χ1v) is 6.81. The minimum absolute atomic E-state index is 0.0126. The minimum Gasteiger partial charge on any atom is -0.497 e. The molecule has 6 nitrogen and oxygen atoms in total. The van der Waals surface area contributed by atoms with Gasteiger partial charge in [-0.25, -0.2) is 9.59 Å². The number of carboxylic acids is 1. The van der Waals surface area contributed by atoms with Gasteiger partial charge in [0.05, 0.1) is 18.4 Å². The Bertz CT molecular complexity index is 514. The standard InChI is InChI=1S/C15H22N2O4/c1-9(2)10(3)8-16-15(20)17-13-6-5-11(21-4)7-12(13)14(18)19/h5-7,9-10H,8H2,1-4H3,(H,18,19)(H2,16,17,20). The lowest BCUT2D eigenvalue weighted by atomic mass is 9.98. The summed E-state index contributed by atoms with van der Waals surface area (Å²) in [5.74, 6) is 0.0953. The first-order chi connectivity index (χ1) is 9.85. The van der Waals surface area contributed by atoms with Gasteiger partial charge in [-0.2, -0.15) is 0 Å². The molecule has 1 unspecified atom stereocenters. The molecular formula is C15H22N2O4. The molecule has 3 N–H and O–H groups in total. The average molecular weight is 294 g/mol. The van der Waals surface area contributed by atoms with Crippen molar-refractivity contribution >= 4 is 17.7 Å². The molecule has 1 atom stereocenters. The number of hydrogen-bond acceptors (Lipinski definition) is 3. The van der Waals surface area contributed by atoms with Gasteiger partial charge in [-0.1, -0.05) is 20.8 Å². The normalized spacial score (nSPS) is 11.9. The number of nitrogens with one attached hydrogen (secondary N) is 2. The van der Waals surface area contributed by atoms with Crippen LogP contribution in [0.25, 0.3) is 0 Å². The van der Waals surface area contributed by atoms with Crippen molar-refractivity contribution in [3.63, 3.8) is 0 Å². The molecule has 1 rings (SSSR count). The molecule has 0 aliphatic carbocycles. The fourth-order valence-electron chi connectivity index (χ4n) is 1.59. The van der Waals surface area contributed by atoms with Gasteiger partial charge < -0.3 is 20.5 Å². The number of carboxylic acid groups (broad SMARTS) is 1. The third-order valence-electron chi connectivity index (χ3n) is 3.43. The number of carbonyl (C=O) groups is 2. The van der Waals surface area contributed by atoms with Crippen LogP contribution < -0.4 is 15.4 Å². The molecule has 0 heterocycles. The van der Waals surface area contributed by atoms with Crippen LogP contribution >= 0.6 is 0 Å². The Morgan fingerprint density at radius 2 is 1.95 bits per heavy atom. The van der Waals surface area contributed by atoms with E-state index in [2.05, 4.69) is 24.5 Å². The van der Waals surface area contributed by atoms with Crippen LogP contribution in [0.5, 0.6) is 5.75 Å². The van der Waals surface area contributed by atoms with E-state index in [1.54, 1.807) is 6.07 Å². The molecule has 6 heteroatoms. The Hall–Kier alpha value is -2.24. The van der Waals surface area contributed by atoms with Gasteiger partial charge in [-0.05, 0) is 30.0 Å². The first-order valence-electron chi connectivity index (χ1n) is 6.81. The topological polar surface area (TPSA) is 87.7 Å². The van der Waals surface area contributed by atoms with Crippen LogP contribution in [0.2, 0.25) is 0 Å². The van der Waals surface area contributed by atoms with Crippen molar-refractivity contribution in [2.45, 2.75) is 20.8 Å². The second-order valence-corrected chi connectivity index (χ2v) is 5.27. The number of amides is 2. The van der Waals surface area contributed by atoms with Gasteiger partial charge in [0.25, 0.3) is 0 Å². The summed E-state index contributed by atoms with van der Waals surface area (Å²) in [7, 11) is 1.45. The van der Waals surface area contributed by atoms with Crippen LogP contribution in [-0.2, 0) is 0 Å². The SMILES string of the molecule is COc1ccc(NC(=O)NCC(C)C(C)C)c(C(=O)O)c1. The van der Waals surface area contributed by atoms with Crippen molar-refractivity contribution in [3.8, 4) is 5.75 Å². The molecule has 2 amide bonds. The maximum Gasteiger partial charge on any atom is 0.337 e. The lowest BCUT2D eigenvalue weighted by Gasteiger charge is -2.17. The van der Waals surface area contributed by atoms with Gasteiger partial charge in [0.1, 0.15) is 5.75 Å². The lowest BCUT2D eigenvalue weighted by Crippen LogP contribution is -2.34. The Kier molecular flexibility index (Phi) is 6.02. The fourth-order valence-corrected chi connectivity index (χ4v) is 1.59. The van der Waals surface area contributed by atoms with Gasteiger partial charge in [0.2, 0.25) is 0 Å². The summed E-state index contributed by atoms with van der Waals surface area (Å²) in [4.78, 5) is 23.0. The monoisotopic (exact) mass is 294 g/mol. The van der Waals surface area contributed by atoms with Gasteiger partial charge in [0, 0.05) is 6.54 Å². The van der Waals surface area contributed by atoms with E-state index in [-0.39, 0.29) is 11.3 Å². The van der Waals surface area contributed by atoms with Crippen molar-refractivity contribution in [1.29, 1.82) is 0 Å². The molecule has 116 valence electrons. The highest BCUT2D eigenvalue weighted by Gasteiger charge is 2.14. The van der Waals surface area contributed by atoms with Gasteiger partial charge in [-0.3, -0.25) is 0 Å². The van der Waals surface area contributed by atoms with Crippen LogP contribution in [0.15, 0.2) is 18.2 Å². The molecule has 1 aromatic rings. The van der Waals surface area contributed by atoms with E-state index in [4.69, 9.17) is 9.84 Å². The third-order valence-corrected chi connectivity index (χ3v) is 3.43. The van der Waals surface area contributed by atoms with Crippen LogP contribution in [0.4, 0.5) is 10.5 Å². The maximum atomic E-state index is 11.8. The zero-order valence-corrected chi connectivity index (χ0v) is 12.8. The van der Waals surface area contributed by atoms with E-state index in [0.29, 0.717) is 24.1 Å². The molecule has 0 aliphatic rings. The molecule has 0 bridgehead atoms. The predicted molar refractivity (Wildman–Crippen MR) is 81.0 cm³/mol. The van der Waals surface area contributed by atoms with E-state index >= 15 is 0 Å². The number of hydrogen-bond donors (Lipinski definition) is 3. The number of urea groups is 1. The predicted octanol–water partition coefficient (Wildman–Crippen LogP) is 2.81. The second kappa shape index (κ2) is 7.52. The smallest absolute Gasteiger partial charge is 0.337 e. The Morgan fingerprint density at radius 3 is 2.48 bits per heavy atom. The summed E-state index contributed by atoms with van der Waals surface area (Å²) in [5, 5.41) is 14.4. The van der Waals surface area contributed by atoms with E-state index in [1.165, 1.54) is 19.2 Å². The minimum atomic E-state index is -1.13. The van der Waals surface area contributed by atoms with E-state index < -0.39 is 12.0 Å². The quantitative estimate of drug-likeness (QED) is 0.753. The van der Waals surface area contributed by atoms with Crippen LogP contribution in [0.3, 0.4) is 0 Å². The molecule has 0 fully saturated rings. The molecule has 0 aliphatic heterocycles. The summed E-state index contributed by atoms with van der Waals surface area (Å²) in [6, 6.07) is 4.05. The summed E-state index contributed by atoms with van der Waals surface area (Å²) in [6.07, 6.45) is 0. The molecule has 0 saturated carbocycles. The highest BCUT2D eigenvalue weighted by atomic mass is 16.5. The van der Waals surface area contributed by atoms with Crippen LogP contribution in [0, 0.1) is 11.8 Å². The third kappa shape index (κ3) is 4.98. The molecular weight excluding hydrogens is 272 g/mol. The number of carbonyl (C=O) groups excluding carboxylic acids is 1. The average Bonchev–Trinajstić information content (AvgIpc) is 2.44. The molecule has 0 spiro atoms. The van der Waals surface area contributed by atoms with Crippen molar-refractivity contribution in [2.24, 2.45) is 11.8 Å². The highest BCUT2D eigenvalue weighted by molar-refractivity contribution is 6.00. The van der Waals surface area contributed by atoms with Crippen molar-refractivity contribution in [1.82, 2.24) is 5.32 Å². The maximum absolute atomic E-state index is 11.8. The summed E-state index contributed by atoms with van der Waals surface area (Å²) >= 11 is 0. The van der Waals surface area contributed by atoms with Gasteiger partial charge >= 0.3 is 12.0 Å². The Balaban J connectivity index is 2.74. The van der Waals surface area contributed by atoms with Crippen LogP contribution in [-0.4, -0.2) is 30.8 Å². The summed E-state index contributed by atoms with van der Waals surface area (Å²) in [6.45, 7) is 6.73. The van der Waals surface area contributed by atoms with E-state index in [1.807, 2.05) is 6.92 Å². The van der Waals surface area contributed by atoms with Gasteiger partial charge in [0.15, 0.2) is 0 Å². The first kappa shape index (κ1) is 16.8. The fraction of sp³-hybridized carbons (Fsp3) is 0.467. The molecule has 21 heavy (non-hydrogen) atoms.